The van der Waals surface area contributed by atoms with Crippen molar-refractivity contribution in [2.75, 3.05) is 5.32 Å². The van der Waals surface area contributed by atoms with Crippen molar-refractivity contribution < 1.29 is 0 Å². The Morgan fingerprint density at radius 2 is 2.20 bits per heavy atom. The van der Waals surface area contributed by atoms with Gasteiger partial charge in [0.2, 0.25) is 0 Å². The van der Waals surface area contributed by atoms with Crippen molar-refractivity contribution in [1.82, 2.24) is 19.3 Å². The van der Waals surface area contributed by atoms with Gasteiger partial charge in [-0.15, -0.1) is 0 Å². The molecule has 0 radical (unpaired) electrons. The summed E-state index contributed by atoms with van der Waals surface area (Å²) in [5, 5.41) is 7.68. The molecule has 0 fully saturated rings. The molecule has 0 atom stereocenters. The zero-order valence-electron chi connectivity index (χ0n) is 11.6. The summed E-state index contributed by atoms with van der Waals surface area (Å²) in [7, 11) is 1.96. The molecule has 1 aromatic carbocycles. The molecule has 0 spiro atoms. The highest BCUT2D eigenvalue weighted by molar-refractivity contribution is 5.51. The maximum absolute atomic E-state index is 4.25. The monoisotopic (exact) mass is 267 g/mol. The number of aryl methyl sites for hydroxylation is 1. The van der Waals surface area contributed by atoms with Crippen molar-refractivity contribution >= 4 is 5.69 Å². The fourth-order valence-corrected chi connectivity index (χ4v) is 2.10. The van der Waals surface area contributed by atoms with Crippen molar-refractivity contribution in [2.24, 2.45) is 7.05 Å². The number of nitrogens with one attached hydrogen (secondary N) is 1. The summed E-state index contributed by atoms with van der Waals surface area (Å²) < 4.78 is 3.87. The number of nitrogens with zero attached hydrogens (tertiary/aromatic N) is 4. The standard InChI is InChI=1S/C15H17N5/c1-12-13(10-18-19(12)2)9-17-14-4-3-5-15(8-14)20-7-6-16-11-20/h3-8,10-11,17H,9H2,1-2H3. The van der Waals surface area contributed by atoms with Crippen LogP contribution in [0.1, 0.15) is 11.3 Å². The van der Waals surface area contributed by atoms with Crippen molar-refractivity contribution in [3.05, 3.63) is 60.4 Å². The molecule has 102 valence electrons. The van der Waals surface area contributed by atoms with Crippen LogP contribution in [0.15, 0.2) is 49.2 Å². The number of anilines is 1. The zero-order valence-corrected chi connectivity index (χ0v) is 11.6. The minimum Gasteiger partial charge on any atom is -0.381 e. The molecule has 1 N–H and O–H groups in total. The van der Waals surface area contributed by atoms with Crippen molar-refractivity contribution in [3.8, 4) is 5.69 Å². The van der Waals surface area contributed by atoms with Gasteiger partial charge >= 0.3 is 0 Å². The van der Waals surface area contributed by atoms with E-state index < -0.39 is 0 Å². The second-order valence-electron chi connectivity index (χ2n) is 4.75. The van der Waals surface area contributed by atoms with Gasteiger partial charge in [0, 0.05) is 48.6 Å². The number of benzene rings is 1. The molecular formula is C15H17N5. The van der Waals surface area contributed by atoms with E-state index in [0.717, 1.165) is 17.9 Å². The molecule has 0 unspecified atom stereocenters. The van der Waals surface area contributed by atoms with Gasteiger partial charge < -0.3 is 9.88 Å². The summed E-state index contributed by atoms with van der Waals surface area (Å²) in [5.41, 5.74) is 4.57. The third-order valence-corrected chi connectivity index (χ3v) is 3.47. The molecule has 2 aromatic heterocycles. The van der Waals surface area contributed by atoms with E-state index in [1.807, 2.05) is 34.8 Å². The van der Waals surface area contributed by atoms with Crippen LogP contribution in [0.2, 0.25) is 0 Å². The molecule has 0 aliphatic rings. The number of hydrogen-bond acceptors (Lipinski definition) is 3. The highest BCUT2D eigenvalue weighted by atomic mass is 15.3. The van der Waals surface area contributed by atoms with Crippen molar-refractivity contribution in [3.63, 3.8) is 0 Å². The molecule has 0 saturated heterocycles. The van der Waals surface area contributed by atoms with E-state index in [9.17, 15) is 0 Å². The predicted octanol–water partition coefficient (Wildman–Crippen LogP) is 2.53. The summed E-state index contributed by atoms with van der Waals surface area (Å²) in [6, 6.07) is 8.26. The van der Waals surface area contributed by atoms with E-state index in [2.05, 4.69) is 40.5 Å². The molecule has 0 saturated carbocycles. The van der Waals surface area contributed by atoms with E-state index in [0.29, 0.717) is 0 Å². The Morgan fingerprint density at radius 3 is 2.90 bits per heavy atom. The van der Waals surface area contributed by atoms with Crippen LogP contribution in [0.3, 0.4) is 0 Å². The van der Waals surface area contributed by atoms with Gasteiger partial charge in [0.1, 0.15) is 0 Å². The van der Waals surface area contributed by atoms with Gasteiger partial charge in [0.05, 0.1) is 12.5 Å². The highest BCUT2D eigenvalue weighted by Crippen LogP contribution is 2.16. The fourth-order valence-electron chi connectivity index (χ4n) is 2.10. The van der Waals surface area contributed by atoms with Crippen molar-refractivity contribution in [2.45, 2.75) is 13.5 Å². The van der Waals surface area contributed by atoms with Gasteiger partial charge in [-0.05, 0) is 25.1 Å². The Balaban J connectivity index is 1.75. The number of aromatic nitrogens is 4. The van der Waals surface area contributed by atoms with Crippen LogP contribution in [0.5, 0.6) is 0 Å². The average Bonchev–Trinajstić information content (AvgIpc) is 3.10. The summed E-state index contributed by atoms with van der Waals surface area (Å²) in [6.45, 7) is 2.85. The summed E-state index contributed by atoms with van der Waals surface area (Å²) in [4.78, 5) is 4.07. The third kappa shape index (κ3) is 2.42. The average molecular weight is 267 g/mol. The second kappa shape index (κ2) is 5.21. The van der Waals surface area contributed by atoms with E-state index in [1.54, 1.807) is 12.5 Å². The first-order chi connectivity index (χ1) is 9.74. The first-order valence-corrected chi connectivity index (χ1v) is 6.54. The lowest BCUT2D eigenvalue weighted by atomic mass is 10.2. The van der Waals surface area contributed by atoms with E-state index in [-0.39, 0.29) is 0 Å². The Kier molecular flexibility index (Phi) is 3.25. The van der Waals surface area contributed by atoms with Crippen molar-refractivity contribution in [1.29, 1.82) is 0 Å². The van der Waals surface area contributed by atoms with Crippen LogP contribution in [0, 0.1) is 6.92 Å². The summed E-state index contributed by atoms with van der Waals surface area (Å²) >= 11 is 0. The van der Waals surface area contributed by atoms with Crippen LogP contribution >= 0.6 is 0 Å². The normalized spacial score (nSPS) is 10.7. The molecular weight excluding hydrogens is 250 g/mol. The summed E-state index contributed by atoms with van der Waals surface area (Å²) in [6.07, 6.45) is 7.41. The minimum atomic E-state index is 0.771. The molecule has 20 heavy (non-hydrogen) atoms. The zero-order chi connectivity index (χ0) is 13.9. The fraction of sp³-hybridized carbons (Fsp3) is 0.200. The lowest BCUT2D eigenvalue weighted by Crippen LogP contribution is -2.02. The molecule has 5 heteroatoms. The van der Waals surface area contributed by atoms with Gasteiger partial charge in [-0.25, -0.2) is 4.98 Å². The van der Waals surface area contributed by atoms with Gasteiger partial charge in [0.15, 0.2) is 0 Å². The number of hydrogen-bond donors (Lipinski definition) is 1. The SMILES string of the molecule is Cc1c(CNc2cccc(-n3ccnc3)c2)cnn1C. The van der Waals surface area contributed by atoms with Crippen LogP contribution in [0.4, 0.5) is 5.69 Å². The van der Waals surface area contributed by atoms with E-state index >= 15 is 0 Å². The third-order valence-electron chi connectivity index (χ3n) is 3.47. The quantitative estimate of drug-likeness (QED) is 0.790. The van der Waals surface area contributed by atoms with E-state index in [1.165, 1.54) is 11.3 Å². The van der Waals surface area contributed by atoms with Gasteiger partial charge in [-0.3, -0.25) is 4.68 Å². The first-order valence-electron chi connectivity index (χ1n) is 6.54. The predicted molar refractivity (Wildman–Crippen MR) is 78.8 cm³/mol. The molecule has 5 nitrogen and oxygen atoms in total. The van der Waals surface area contributed by atoms with Crippen LogP contribution in [-0.4, -0.2) is 19.3 Å². The highest BCUT2D eigenvalue weighted by Gasteiger charge is 2.03. The molecule has 3 aromatic rings. The maximum atomic E-state index is 4.25. The molecule has 2 heterocycles. The largest absolute Gasteiger partial charge is 0.381 e. The Labute approximate surface area is 117 Å². The molecule has 0 bridgehead atoms. The smallest absolute Gasteiger partial charge is 0.0991 e. The minimum absolute atomic E-state index is 0.771. The first kappa shape index (κ1) is 12.5. The molecule has 3 rings (SSSR count). The summed E-state index contributed by atoms with van der Waals surface area (Å²) in [5.74, 6) is 0. The molecule has 0 aliphatic carbocycles. The van der Waals surface area contributed by atoms with Gasteiger partial charge in [-0.2, -0.15) is 5.10 Å². The Bertz CT molecular complexity index is 697. The van der Waals surface area contributed by atoms with Gasteiger partial charge in [-0.1, -0.05) is 6.07 Å². The Morgan fingerprint density at radius 1 is 1.30 bits per heavy atom. The number of imidazole rings is 1. The lowest BCUT2D eigenvalue weighted by Gasteiger charge is -2.08. The topological polar surface area (TPSA) is 47.7 Å². The molecule has 0 amide bonds. The maximum Gasteiger partial charge on any atom is 0.0991 e. The van der Waals surface area contributed by atoms with Gasteiger partial charge in [0.25, 0.3) is 0 Å². The van der Waals surface area contributed by atoms with E-state index in [4.69, 9.17) is 0 Å². The Hall–Kier alpha value is -2.56. The lowest BCUT2D eigenvalue weighted by molar-refractivity contribution is 0.738. The number of rotatable bonds is 4. The van der Waals surface area contributed by atoms with Crippen LogP contribution in [0.25, 0.3) is 5.69 Å². The second-order valence-corrected chi connectivity index (χ2v) is 4.75. The van der Waals surface area contributed by atoms with Crippen LogP contribution in [-0.2, 0) is 13.6 Å². The molecule has 0 aliphatic heterocycles. The van der Waals surface area contributed by atoms with Crippen LogP contribution < -0.4 is 5.32 Å².